The summed E-state index contributed by atoms with van der Waals surface area (Å²) in [6.45, 7) is 0.535. The van der Waals surface area contributed by atoms with E-state index in [-0.39, 0.29) is 5.97 Å². The third-order valence-corrected chi connectivity index (χ3v) is 3.37. The molecule has 0 radical (unpaired) electrons. The Morgan fingerprint density at radius 2 is 2.21 bits per heavy atom. The molecule has 0 aliphatic rings. The van der Waals surface area contributed by atoms with Gasteiger partial charge in [-0.05, 0) is 30.3 Å². The summed E-state index contributed by atoms with van der Waals surface area (Å²) >= 11 is 9.46. The number of hydrogen-bond acceptors (Lipinski definition) is 3. The Hall–Kier alpha value is -1.46. The smallest absolute Gasteiger partial charge is 0.354 e. The quantitative estimate of drug-likeness (QED) is 0.830. The minimum atomic E-state index is -0.383. The van der Waals surface area contributed by atoms with Gasteiger partial charge in [-0.1, -0.05) is 27.5 Å². The SMILES string of the molecule is COC(=O)c1ccc(CNc2cc(Br)ccc2Cl)[nH]1. The Bertz CT molecular complexity index is 598. The maximum Gasteiger partial charge on any atom is 0.354 e. The van der Waals surface area contributed by atoms with E-state index in [0.717, 1.165) is 15.9 Å². The van der Waals surface area contributed by atoms with Gasteiger partial charge in [0.2, 0.25) is 0 Å². The van der Waals surface area contributed by atoms with E-state index in [1.165, 1.54) is 7.11 Å². The molecule has 1 aromatic carbocycles. The van der Waals surface area contributed by atoms with Gasteiger partial charge >= 0.3 is 5.97 Å². The first-order chi connectivity index (χ1) is 9.10. The number of H-pyrrole nitrogens is 1. The molecule has 1 aromatic heterocycles. The molecule has 2 aromatic rings. The van der Waals surface area contributed by atoms with Gasteiger partial charge in [0.25, 0.3) is 0 Å². The van der Waals surface area contributed by atoms with E-state index >= 15 is 0 Å². The van der Waals surface area contributed by atoms with Gasteiger partial charge < -0.3 is 15.0 Å². The molecule has 1 heterocycles. The van der Waals surface area contributed by atoms with Crippen LogP contribution in [-0.4, -0.2) is 18.1 Å². The molecule has 0 aliphatic heterocycles. The molecule has 2 rings (SSSR count). The average molecular weight is 344 g/mol. The summed E-state index contributed by atoms with van der Waals surface area (Å²) < 4.78 is 5.57. The fourth-order valence-corrected chi connectivity index (χ4v) is 2.14. The monoisotopic (exact) mass is 342 g/mol. The van der Waals surface area contributed by atoms with Crippen LogP contribution in [-0.2, 0) is 11.3 Å². The summed E-state index contributed by atoms with van der Waals surface area (Å²) in [5.41, 5.74) is 2.13. The number of hydrogen-bond donors (Lipinski definition) is 2. The third-order valence-electron chi connectivity index (χ3n) is 2.55. The minimum Gasteiger partial charge on any atom is -0.464 e. The van der Waals surface area contributed by atoms with Gasteiger partial charge in [-0.3, -0.25) is 0 Å². The second kappa shape index (κ2) is 6.12. The lowest BCUT2D eigenvalue weighted by molar-refractivity contribution is 0.0594. The number of esters is 1. The van der Waals surface area contributed by atoms with Crippen LogP contribution in [0.5, 0.6) is 0 Å². The van der Waals surface area contributed by atoms with Crippen LogP contribution in [0.15, 0.2) is 34.8 Å². The number of aromatic nitrogens is 1. The van der Waals surface area contributed by atoms with E-state index in [4.69, 9.17) is 11.6 Å². The van der Waals surface area contributed by atoms with E-state index in [1.807, 2.05) is 24.3 Å². The zero-order chi connectivity index (χ0) is 13.8. The molecular formula is C13H12BrClN2O2. The zero-order valence-corrected chi connectivity index (χ0v) is 12.5. The van der Waals surface area contributed by atoms with E-state index in [1.54, 1.807) is 6.07 Å². The van der Waals surface area contributed by atoms with Gasteiger partial charge in [-0.25, -0.2) is 4.79 Å². The van der Waals surface area contributed by atoms with E-state index in [0.29, 0.717) is 17.3 Å². The lowest BCUT2D eigenvalue weighted by Crippen LogP contribution is -2.04. The number of carbonyl (C=O) groups excluding carboxylic acids is 1. The number of anilines is 1. The maximum atomic E-state index is 11.3. The first kappa shape index (κ1) is 14.0. The number of benzene rings is 1. The standard InChI is InChI=1S/C13H12BrClN2O2/c1-19-13(18)11-5-3-9(17-11)7-16-12-6-8(14)2-4-10(12)15/h2-6,16-17H,7H2,1H3. The van der Waals surface area contributed by atoms with Crippen molar-refractivity contribution in [1.29, 1.82) is 0 Å². The molecule has 0 spiro atoms. The highest BCUT2D eigenvalue weighted by molar-refractivity contribution is 9.10. The fourth-order valence-electron chi connectivity index (χ4n) is 1.60. The number of aromatic amines is 1. The van der Waals surface area contributed by atoms with E-state index < -0.39 is 0 Å². The van der Waals surface area contributed by atoms with Crippen LogP contribution < -0.4 is 5.32 Å². The predicted molar refractivity (Wildman–Crippen MR) is 78.6 cm³/mol. The number of methoxy groups -OCH3 is 1. The summed E-state index contributed by atoms with van der Waals surface area (Å²) in [6, 6.07) is 9.09. The number of nitrogens with one attached hydrogen (secondary N) is 2. The van der Waals surface area contributed by atoms with Gasteiger partial charge in [0.15, 0.2) is 0 Å². The van der Waals surface area contributed by atoms with Gasteiger partial charge in [-0.2, -0.15) is 0 Å². The normalized spacial score (nSPS) is 10.3. The van der Waals surface area contributed by atoms with Crippen molar-refractivity contribution in [2.45, 2.75) is 6.54 Å². The lowest BCUT2D eigenvalue weighted by atomic mass is 10.3. The first-order valence-corrected chi connectivity index (χ1v) is 6.72. The second-order valence-electron chi connectivity index (χ2n) is 3.87. The summed E-state index contributed by atoms with van der Waals surface area (Å²) in [4.78, 5) is 14.3. The van der Waals surface area contributed by atoms with Crippen LogP contribution in [0.25, 0.3) is 0 Å². The van der Waals surface area contributed by atoms with Crippen LogP contribution >= 0.6 is 27.5 Å². The fraction of sp³-hybridized carbons (Fsp3) is 0.154. The topological polar surface area (TPSA) is 54.1 Å². The van der Waals surface area contributed by atoms with E-state index in [2.05, 4.69) is 31.0 Å². The Labute approximate surface area is 124 Å². The Morgan fingerprint density at radius 3 is 2.95 bits per heavy atom. The third kappa shape index (κ3) is 3.52. The summed E-state index contributed by atoms with van der Waals surface area (Å²) in [5, 5.41) is 3.84. The van der Waals surface area contributed by atoms with Crippen LogP contribution in [0.2, 0.25) is 5.02 Å². The van der Waals surface area contributed by atoms with Crippen molar-refractivity contribution in [3.63, 3.8) is 0 Å². The van der Waals surface area contributed by atoms with Crippen molar-refractivity contribution in [2.24, 2.45) is 0 Å². The van der Waals surface area contributed by atoms with Gasteiger partial charge in [0, 0.05) is 10.2 Å². The van der Waals surface area contributed by atoms with Crippen molar-refractivity contribution in [3.05, 3.63) is 51.2 Å². The van der Waals surface area contributed by atoms with Crippen molar-refractivity contribution in [2.75, 3.05) is 12.4 Å². The largest absolute Gasteiger partial charge is 0.464 e. The van der Waals surface area contributed by atoms with Crippen molar-refractivity contribution >= 4 is 39.2 Å². The van der Waals surface area contributed by atoms with Crippen LogP contribution in [0, 0.1) is 0 Å². The van der Waals surface area contributed by atoms with Crippen LogP contribution in [0.1, 0.15) is 16.2 Å². The molecule has 0 aliphatic carbocycles. The maximum absolute atomic E-state index is 11.3. The first-order valence-electron chi connectivity index (χ1n) is 5.55. The number of carbonyl (C=O) groups is 1. The molecular weight excluding hydrogens is 332 g/mol. The Kier molecular flexibility index (Phi) is 4.50. The molecule has 0 atom stereocenters. The van der Waals surface area contributed by atoms with Crippen molar-refractivity contribution in [1.82, 2.24) is 4.98 Å². The predicted octanol–water partition coefficient (Wildman–Crippen LogP) is 3.83. The second-order valence-corrected chi connectivity index (χ2v) is 5.19. The molecule has 0 saturated carbocycles. The highest BCUT2D eigenvalue weighted by Crippen LogP contribution is 2.26. The highest BCUT2D eigenvalue weighted by atomic mass is 79.9. The van der Waals surface area contributed by atoms with Crippen LogP contribution in [0.4, 0.5) is 5.69 Å². The van der Waals surface area contributed by atoms with Gasteiger partial charge in [0.1, 0.15) is 5.69 Å². The van der Waals surface area contributed by atoms with Crippen molar-refractivity contribution < 1.29 is 9.53 Å². The molecule has 0 saturated heterocycles. The van der Waals surface area contributed by atoms with E-state index in [9.17, 15) is 4.79 Å². The molecule has 6 heteroatoms. The van der Waals surface area contributed by atoms with Crippen LogP contribution in [0.3, 0.4) is 0 Å². The highest BCUT2D eigenvalue weighted by Gasteiger charge is 2.08. The molecule has 100 valence electrons. The van der Waals surface area contributed by atoms with Gasteiger partial charge in [0.05, 0.1) is 24.4 Å². The lowest BCUT2D eigenvalue weighted by Gasteiger charge is -2.07. The zero-order valence-electron chi connectivity index (χ0n) is 10.2. The van der Waals surface area contributed by atoms with Gasteiger partial charge in [-0.15, -0.1) is 0 Å². The number of ether oxygens (including phenoxy) is 1. The minimum absolute atomic E-state index is 0.383. The Balaban J connectivity index is 2.04. The average Bonchev–Trinajstić information content (AvgIpc) is 2.88. The molecule has 0 amide bonds. The summed E-state index contributed by atoms with van der Waals surface area (Å²) in [5.74, 6) is -0.383. The summed E-state index contributed by atoms with van der Waals surface area (Å²) in [7, 11) is 1.35. The summed E-state index contributed by atoms with van der Waals surface area (Å²) in [6.07, 6.45) is 0. The molecule has 4 nitrogen and oxygen atoms in total. The molecule has 19 heavy (non-hydrogen) atoms. The van der Waals surface area contributed by atoms with Crippen molar-refractivity contribution in [3.8, 4) is 0 Å². The molecule has 0 bridgehead atoms. The Morgan fingerprint density at radius 1 is 1.42 bits per heavy atom. The number of halogens is 2. The number of rotatable bonds is 4. The molecule has 0 fully saturated rings. The molecule has 2 N–H and O–H groups in total. The molecule has 0 unspecified atom stereocenters.